The van der Waals surface area contributed by atoms with E-state index in [0.717, 1.165) is 26.2 Å². The minimum Gasteiger partial charge on any atom is -0.481 e. The van der Waals surface area contributed by atoms with Crippen LogP contribution in [0, 0.1) is 6.92 Å². The normalized spacial score (nSPS) is 18.1. The van der Waals surface area contributed by atoms with Crippen LogP contribution < -0.4 is 0 Å². The third-order valence-electron chi connectivity index (χ3n) is 3.04. The third kappa shape index (κ3) is 3.78. The topological polar surface area (TPSA) is 82.7 Å². The molecule has 18 heavy (non-hydrogen) atoms. The van der Waals surface area contributed by atoms with E-state index in [4.69, 9.17) is 9.63 Å². The first-order chi connectivity index (χ1) is 8.63. The van der Waals surface area contributed by atoms with Gasteiger partial charge in [-0.2, -0.15) is 4.98 Å². The Hall–Kier alpha value is -1.47. The first-order valence-corrected chi connectivity index (χ1v) is 6.09. The largest absolute Gasteiger partial charge is 0.481 e. The maximum absolute atomic E-state index is 10.5. The fraction of sp³-hybridized carbons (Fsp3) is 0.727. The zero-order valence-corrected chi connectivity index (χ0v) is 10.5. The summed E-state index contributed by atoms with van der Waals surface area (Å²) in [6.07, 6.45) is 0.212. The van der Waals surface area contributed by atoms with E-state index in [9.17, 15) is 4.79 Å². The number of carboxylic acids is 1. The molecule has 1 aliphatic heterocycles. The van der Waals surface area contributed by atoms with Crippen molar-refractivity contribution in [1.82, 2.24) is 19.9 Å². The van der Waals surface area contributed by atoms with Crippen molar-refractivity contribution in [2.24, 2.45) is 0 Å². The maximum Gasteiger partial charge on any atom is 0.304 e. The van der Waals surface area contributed by atoms with Crippen molar-refractivity contribution in [1.29, 1.82) is 0 Å². The van der Waals surface area contributed by atoms with Crippen LogP contribution in [0.3, 0.4) is 0 Å². The minimum atomic E-state index is -0.736. The van der Waals surface area contributed by atoms with Crippen LogP contribution in [0.25, 0.3) is 0 Å². The van der Waals surface area contributed by atoms with Crippen molar-refractivity contribution in [3.8, 4) is 0 Å². The van der Waals surface area contributed by atoms with Crippen LogP contribution in [-0.2, 0) is 11.3 Å². The molecule has 0 unspecified atom stereocenters. The molecule has 1 fully saturated rings. The fourth-order valence-electron chi connectivity index (χ4n) is 2.03. The van der Waals surface area contributed by atoms with Gasteiger partial charge in [0.2, 0.25) is 5.89 Å². The molecule has 1 aromatic rings. The van der Waals surface area contributed by atoms with E-state index in [1.54, 1.807) is 6.92 Å². The molecule has 1 saturated heterocycles. The Labute approximate surface area is 105 Å². The van der Waals surface area contributed by atoms with Gasteiger partial charge >= 0.3 is 5.97 Å². The van der Waals surface area contributed by atoms with Gasteiger partial charge in [0.1, 0.15) is 0 Å². The van der Waals surface area contributed by atoms with Crippen molar-refractivity contribution in [2.75, 3.05) is 32.7 Å². The molecular weight excluding hydrogens is 236 g/mol. The van der Waals surface area contributed by atoms with E-state index >= 15 is 0 Å². The molecule has 7 heteroatoms. The lowest BCUT2D eigenvalue weighted by atomic mass is 10.3. The molecule has 0 spiro atoms. The second kappa shape index (κ2) is 5.92. The molecule has 2 rings (SSSR count). The number of rotatable bonds is 5. The molecule has 0 aromatic carbocycles. The number of aliphatic carboxylic acids is 1. The molecule has 1 N–H and O–H groups in total. The predicted octanol–water partition coefficient (Wildman–Crippen LogP) is -0.0297. The van der Waals surface area contributed by atoms with Gasteiger partial charge in [-0.25, -0.2) is 0 Å². The SMILES string of the molecule is Cc1nc(CN2CCN(CCC(=O)O)CC2)no1. The zero-order valence-electron chi connectivity index (χ0n) is 10.5. The average molecular weight is 254 g/mol. The summed E-state index contributed by atoms with van der Waals surface area (Å²) >= 11 is 0. The average Bonchev–Trinajstić information content (AvgIpc) is 2.74. The number of aryl methyl sites for hydroxylation is 1. The Balaban J connectivity index is 1.71. The van der Waals surface area contributed by atoms with Gasteiger partial charge in [-0.1, -0.05) is 5.16 Å². The smallest absolute Gasteiger partial charge is 0.304 e. The van der Waals surface area contributed by atoms with Crippen LogP contribution in [0.15, 0.2) is 4.52 Å². The summed E-state index contributed by atoms with van der Waals surface area (Å²) < 4.78 is 4.93. The van der Waals surface area contributed by atoms with Crippen LogP contribution in [0.2, 0.25) is 0 Å². The van der Waals surface area contributed by atoms with Gasteiger partial charge in [0.15, 0.2) is 5.82 Å². The number of piperazine rings is 1. The second-order valence-corrected chi connectivity index (χ2v) is 4.49. The minimum absolute atomic E-state index is 0.212. The predicted molar refractivity (Wildman–Crippen MR) is 63.0 cm³/mol. The van der Waals surface area contributed by atoms with Crippen LogP contribution in [0.4, 0.5) is 0 Å². The first kappa shape index (κ1) is 13.0. The van der Waals surface area contributed by atoms with Gasteiger partial charge in [-0.3, -0.25) is 9.69 Å². The van der Waals surface area contributed by atoms with Crippen LogP contribution in [-0.4, -0.2) is 63.7 Å². The summed E-state index contributed by atoms with van der Waals surface area (Å²) in [6, 6.07) is 0. The van der Waals surface area contributed by atoms with E-state index < -0.39 is 5.97 Å². The van der Waals surface area contributed by atoms with Crippen molar-refractivity contribution in [3.63, 3.8) is 0 Å². The van der Waals surface area contributed by atoms with Gasteiger partial charge in [-0.05, 0) is 0 Å². The Morgan fingerprint density at radius 3 is 2.56 bits per heavy atom. The van der Waals surface area contributed by atoms with Crippen LogP contribution in [0.1, 0.15) is 18.1 Å². The lowest BCUT2D eigenvalue weighted by Crippen LogP contribution is -2.46. The van der Waals surface area contributed by atoms with E-state index in [2.05, 4.69) is 19.9 Å². The van der Waals surface area contributed by atoms with E-state index in [1.165, 1.54) is 0 Å². The number of hydrogen-bond donors (Lipinski definition) is 1. The summed E-state index contributed by atoms with van der Waals surface area (Å²) in [5.41, 5.74) is 0. The molecule has 0 aliphatic carbocycles. The highest BCUT2D eigenvalue weighted by atomic mass is 16.5. The van der Waals surface area contributed by atoms with Crippen LogP contribution in [0.5, 0.6) is 0 Å². The summed E-state index contributed by atoms with van der Waals surface area (Å²) in [4.78, 5) is 19.1. The maximum atomic E-state index is 10.5. The summed E-state index contributed by atoms with van der Waals surface area (Å²) in [7, 11) is 0. The van der Waals surface area contributed by atoms with E-state index in [0.29, 0.717) is 24.8 Å². The molecule has 0 atom stereocenters. The molecule has 0 amide bonds. The number of carbonyl (C=O) groups is 1. The highest BCUT2D eigenvalue weighted by Crippen LogP contribution is 2.06. The summed E-state index contributed by atoms with van der Waals surface area (Å²) in [5, 5.41) is 12.5. The van der Waals surface area contributed by atoms with E-state index in [-0.39, 0.29) is 6.42 Å². The van der Waals surface area contributed by atoms with Gasteiger partial charge in [0, 0.05) is 39.6 Å². The lowest BCUT2D eigenvalue weighted by molar-refractivity contribution is -0.137. The van der Waals surface area contributed by atoms with Crippen LogP contribution >= 0.6 is 0 Å². The number of aromatic nitrogens is 2. The molecule has 2 heterocycles. The molecule has 0 bridgehead atoms. The summed E-state index contributed by atoms with van der Waals surface area (Å²) in [5.74, 6) is 0.566. The Morgan fingerprint density at radius 2 is 2.00 bits per heavy atom. The Morgan fingerprint density at radius 1 is 1.33 bits per heavy atom. The van der Waals surface area contributed by atoms with Crippen molar-refractivity contribution >= 4 is 5.97 Å². The molecule has 0 radical (unpaired) electrons. The quantitative estimate of drug-likeness (QED) is 0.790. The number of carboxylic acid groups (broad SMARTS) is 1. The fourth-order valence-corrected chi connectivity index (χ4v) is 2.03. The Bertz CT molecular complexity index is 399. The molecule has 1 aromatic heterocycles. The first-order valence-electron chi connectivity index (χ1n) is 6.09. The van der Waals surface area contributed by atoms with E-state index in [1.807, 2.05) is 0 Å². The Kier molecular flexibility index (Phi) is 4.27. The van der Waals surface area contributed by atoms with Crippen molar-refractivity contribution in [2.45, 2.75) is 19.9 Å². The third-order valence-corrected chi connectivity index (χ3v) is 3.04. The van der Waals surface area contributed by atoms with Gasteiger partial charge < -0.3 is 14.5 Å². The van der Waals surface area contributed by atoms with Crippen molar-refractivity contribution < 1.29 is 14.4 Å². The molecule has 7 nitrogen and oxygen atoms in total. The molecule has 0 saturated carbocycles. The summed E-state index contributed by atoms with van der Waals surface area (Å²) in [6.45, 7) is 6.71. The van der Waals surface area contributed by atoms with Crippen molar-refractivity contribution in [3.05, 3.63) is 11.7 Å². The lowest BCUT2D eigenvalue weighted by Gasteiger charge is -2.33. The number of nitrogens with zero attached hydrogens (tertiary/aromatic N) is 4. The zero-order chi connectivity index (χ0) is 13.0. The molecular formula is C11H18N4O3. The number of hydrogen-bond acceptors (Lipinski definition) is 6. The highest BCUT2D eigenvalue weighted by molar-refractivity contribution is 5.66. The van der Waals surface area contributed by atoms with Gasteiger partial charge in [-0.15, -0.1) is 0 Å². The molecule has 1 aliphatic rings. The second-order valence-electron chi connectivity index (χ2n) is 4.49. The standard InChI is InChI=1S/C11H18N4O3/c1-9-12-10(13-18-9)8-15-6-4-14(5-7-15)3-2-11(16)17/h2-8H2,1H3,(H,16,17). The highest BCUT2D eigenvalue weighted by Gasteiger charge is 2.18. The molecule has 100 valence electrons. The van der Waals surface area contributed by atoms with Gasteiger partial charge in [0.25, 0.3) is 0 Å². The van der Waals surface area contributed by atoms with Gasteiger partial charge in [0.05, 0.1) is 13.0 Å². The monoisotopic (exact) mass is 254 g/mol.